The third-order valence-corrected chi connectivity index (χ3v) is 7.10. The van der Waals surface area contributed by atoms with Crippen molar-refractivity contribution in [3.63, 3.8) is 0 Å². The molecule has 0 unspecified atom stereocenters. The summed E-state index contributed by atoms with van der Waals surface area (Å²) < 4.78 is 6.04. The van der Waals surface area contributed by atoms with Crippen LogP contribution in [0.3, 0.4) is 0 Å². The molecule has 0 radical (unpaired) electrons. The van der Waals surface area contributed by atoms with Gasteiger partial charge in [-0.05, 0) is 67.5 Å². The molecule has 0 saturated carbocycles. The zero-order valence-electron chi connectivity index (χ0n) is 19.0. The minimum absolute atomic E-state index is 0.0268. The number of hydrogen-bond acceptors (Lipinski definition) is 4. The molecular formula is C24H32ClN3O3S. The molecule has 0 spiro atoms. The standard InChI is InChI=1S/C24H32ClN3O3S/c1-4-12-26-24(30)28(17(3)5-2)15-23(29)27-13-10-22-20(11-14-32-22)21(27)16-31-19-8-6-18(25)7-9-19/h6-9,11,14,17,21H,4-5,10,12-13,15-16H2,1-3H3,(H,26,30)/t17-,21+/m0/s1. The Balaban J connectivity index is 1.75. The van der Waals surface area contributed by atoms with E-state index < -0.39 is 0 Å². The lowest BCUT2D eigenvalue weighted by atomic mass is 10.00. The molecule has 1 aromatic carbocycles. The number of urea groups is 1. The number of fused-ring (bicyclic) bond motifs is 1. The summed E-state index contributed by atoms with van der Waals surface area (Å²) in [6, 6.07) is 8.91. The number of benzene rings is 1. The molecule has 1 aliphatic rings. The molecule has 3 rings (SSSR count). The van der Waals surface area contributed by atoms with Crippen molar-refractivity contribution < 1.29 is 14.3 Å². The van der Waals surface area contributed by atoms with Crippen LogP contribution in [0.2, 0.25) is 5.02 Å². The van der Waals surface area contributed by atoms with E-state index in [9.17, 15) is 9.59 Å². The normalized spacial score (nSPS) is 16.2. The minimum Gasteiger partial charge on any atom is -0.491 e. The van der Waals surface area contributed by atoms with Gasteiger partial charge in [0.25, 0.3) is 0 Å². The Morgan fingerprint density at radius 3 is 2.72 bits per heavy atom. The monoisotopic (exact) mass is 477 g/mol. The van der Waals surface area contributed by atoms with Gasteiger partial charge in [-0.1, -0.05) is 25.4 Å². The topological polar surface area (TPSA) is 61.9 Å². The van der Waals surface area contributed by atoms with Crippen LogP contribution in [-0.4, -0.2) is 54.0 Å². The van der Waals surface area contributed by atoms with Crippen LogP contribution in [0.5, 0.6) is 5.75 Å². The number of halogens is 1. The number of carbonyl (C=O) groups excluding carboxylic acids is 2. The molecule has 0 aliphatic carbocycles. The van der Waals surface area contributed by atoms with E-state index >= 15 is 0 Å². The molecule has 2 aromatic rings. The molecule has 0 saturated heterocycles. The summed E-state index contributed by atoms with van der Waals surface area (Å²) in [6.07, 6.45) is 2.46. The first-order valence-corrected chi connectivity index (χ1v) is 12.5. The second kappa shape index (κ2) is 11.6. The predicted octanol–water partition coefficient (Wildman–Crippen LogP) is 5.13. The van der Waals surface area contributed by atoms with Gasteiger partial charge in [-0.25, -0.2) is 4.79 Å². The Bertz CT molecular complexity index is 902. The second-order valence-electron chi connectivity index (χ2n) is 8.03. The lowest BCUT2D eigenvalue weighted by molar-refractivity contribution is -0.135. The van der Waals surface area contributed by atoms with Gasteiger partial charge in [0.05, 0.1) is 6.04 Å². The van der Waals surface area contributed by atoms with E-state index in [4.69, 9.17) is 16.3 Å². The lowest BCUT2D eigenvalue weighted by Gasteiger charge is -2.38. The SMILES string of the molecule is CCCNC(=O)N(CC(=O)N1CCc2sccc2[C@H]1COc1ccc(Cl)cc1)[C@@H](C)CC. The van der Waals surface area contributed by atoms with E-state index in [0.29, 0.717) is 30.5 Å². The maximum absolute atomic E-state index is 13.4. The lowest BCUT2D eigenvalue weighted by Crippen LogP contribution is -2.52. The van der Waals surface area contributed by atoms with E-state index in [-0.39, 0.29) is 30.6 Å². The number of ether oxygens (including phenoxy) is 1. The van der Waals surface area contributed by atoms with E-state index in [1.54, 1.807) is 28.4 Å². The van der Waals surface area contributed by atoms with E-state index in [2.05, 4.69) is 16.8 Å². The first-order chi connectivity index (χ1) is 15.4. The molecule has 1 aliphatic heterocycles. The highest BCUT2D eigenvalue weighted by molar-refractivity contribution is 7.10. The molecule has 1 N–H and O–H groups in total. The van der Waals surface area contributed by atoms with Crippen LogP contribution in [0.1, 0.15) is 50.1 Å². The highest BCUT2D eigenvalue weighted by Crippen LogP contribution is 2.34. The minimum atomic E-state index is -0.189. The van der Waals surface area contributed by atoms with Gasteiger partial charge in [0, 0.05) is 29.0 Å². The third-order valence-electron chi connectivity index (χ3n) is 5.85. The van der Waals surface area contributed by atoms with Crippen molar-refractivity contribution in [1.29, 1.82) is 0 Å². The first-order valence-electron chi connectivity index (χ1n) is 11.2. The summed E-state index contributed by atoms with van der Waals surface area (Å²) in [7, 11) is 0. The zero-order chi connectivity index (χ0) is 23.1. The zero-order valence-corrected chi connectivity index (χ0v) is 20.5. The Morgan fingerprint density at radius 2 is 2.03 bits per heavy atom. The van der Waals surface area contributed by atoms with Crippen molar-refractivity contribution in [2.75, 3.05) is 26.2 Å². The predicted molar refractivity (Wildman–Crippen MR) is 130 cm³/mol. The number of nitrogens with one attached hydrogen (secondary N) is 1. The fourth-order valence-corrected chi connectivity index (χ4v) is 4.85. The summed E-state index contributed by atoms with van der Waals surface area (Å²) in [5, 5.41) is 5.63. The average Bonchev–Trinajstić information content (AvgIpc) is 3.29. The van der Waals surface area contributed by atoms with Crippen LogP contribution >= 0.6 is 22.9 Å². The molecule has 2 heterocycles. The number of nitrogens with zero attached hydrogens (tertiary/aromatic N) is 2. The van der Waals surface area contributed by atoms with Crippen LogP contribution in [0, 0.1) is 0 Å². The molecule has 3 amide bonds. The van der Waals surface area contributed by atoms with Crippen molar-refractivity contribution >= 4 is 34.9 Å². The van der Waals surface area contributed by atoms with Crippen molar-refractivity contribution in [1.82, 2.24) is 15.1 Å². The molecule has 0 bridgehead atoms. The third kappa shape index (κ3) is 5.95. The first kappa shape index (κ1) is 24.4. The second-order valence-corrected chi connectivity index (χ2v) is 9.47. The largest absolute Gasteiger partial charge is 0.491 e. The summed E-state index contributed by atoms with van der Waals surface area (Å²) in [4.78, 5) is 31.0. The Hall–Kier alpha value is -2.25. The number of thiophene rings is 1. The van der Waals surface area contributed by atoms with Crippen molar-refractivity contribution in [2.24, 2.45) is 0 Å². The van der Waals surface area contributed by atoms with Gasteiger partial charge in [0.1, 0.15) is 18.9 Å². The van der Waals surface area contributed by atoms with Crippen LogP contribution < -0.4 is 10.1 Å². The molecule has 6 nitrogen and oxygen atoms in total. The van der Waals surface area contributed by atoms with Crippen LogP contribution in [0.4, 0.5) is 4.79 Å². The molecule has 174 valence electrons. The smallest absolute Gasteiger partial charge is 0.318 e. The molecule has 8 heteroatoms. The van der Waals surface area contributed by atoms with Gasteiger partial charge >= 0.3 is 6.03 Å². The Kier molecular flexibility index (Phi) is 8.82. The molecule has 0 fully saturated rings. The van der Waals surface area contributed by atoms with E-state index in [1.807, 2.05) is 37.8 Å². The molecule has 2 atom stereocenters. The van der Waals surface area contributed by atoms with Crippen LogP contribution in [0.15, 0.2) is 35.7 Å². The summed E-state index contributed by atoms with van der Waals surface area (Å²) in [6.45, 7) is 7.63. The van der Waals surface area contributed by atoms with Crippen LogP contribution in [-0.2, 0) is 11.2 Å². The summed E-state index contributed by atoms with van der Waals surface area (Å²) in [5.41, 5.74) is 1.13. The van der Waals surface area contributed by atoms with Gasteiger partial charge in [-0.2, -0.15) is 0 Å². The van der Waals surface area contributed by atoms with Gasteiger partial charge in [-0.3, -0.25) is 4.79 Å². The number of hydrogen-bond donors (Lipinski definition) is 1. The van der Waals surface area contributed by atoms with E-state index in [1.165, 1.54) is 4.88 Å². The maximum Gasteiger partial charge on any atom is 0.318 e. The van der Waals surface area contributed by atoms with Crippen LogP contribution in [0.25, 0.3) is 0 Å². The summed E-state index contributed by atoms with van der Waals surface area (Å²) in [5.74, 6) is 0.655. The fraction of sp³-hybridized carbons (Fsp3) is 0.500. The van der Waals surface area contributed by atoms with Gasteiger partial charge < -0.3 is 19.9 Å². The van der Waals surface area contributed by atoms with Crippen molar-refractivity contribution in [3.05, 3.63) is 51.2 Å². The molecule has 1 aromatic heterocycles. The maximum atomic E-state index is 13.4. The Morgan fingerprint density at radius 1 is 1.28 bits per heavy atom. The number of carbonyl (C=O) groups is 2. The highest BCUT2D eigenvalue weighted by atomic mass is 35.5. The average molecular weight is 478 g/mol. The number of amides is 3. The van der Waals surface area contributed by atoms with Crippen molar-refractivity contribution in [3.8, 4) is 5.75 Å². The van der Waals surface area contributed by atoms with E-state index in [0.717, 1.165) is 24.8 Å². The van der Waals surface area contributed by atoms with Crippen molar-refractivity contribution in [2.45, 2.75) is 52.1 Å². The van der Waals surface area contributed by atoms with Gasteiger partial charge in [-0.15, -0.1) is 11.3 Å². The quantitative estimate of drug-likeness (QED) is 0.544. The fourth-order valence-electron chi connectivity index (χ4n) is 3.80. The van der Waals surface area contributed by atoms with Gasteiger partial charge in [0.2, 0.25) is 5.91 Å². The molecular weight excluding hydrogens is 446 g/mol. The number of rotatable bonds is 9. The Labute approximate surface area is 199 Å². The molecule has 32 heavy (non-hydrogen) atoms. The van der Waals surface area contributed by atoms with Gasteiger partial charge in [0.15, 0.2) is 0 Å². The highest BCUT2D eigenvalue weighted by Gasteiger charge is 2.34. The summed E-state index contributed by atoms with van der Waals surface area (Å²) >= 11 is 7.69.